The van der Waals surface area contributed by atoms with Crippen LogP contribution in [-0.4, -0.2) is 30.3 Å². The maximum atomic E-state index is 12.0. The summed E-state index contributed by atoms with van der Waals surface area (Å²) in [6.45, 7) is 1.80. The molecule has 2 aromatic carbocycles. The average Bonchev–Trinajstić information content (AvgIpc) is 3.35. The van der Waals surface area contributed by atoms with Crippen molar-refractivity contribution in [2.45, 2.75) is 13.3 Å². The number of nitrogens with zero attached hydrogens (tertiary/aromatic N) is 1. The molecule has 1 N–H and O–H groups in total. The summed E-state index contributed by atoms with van der Waals surface area (Å²) in [7, 11) is 0. The molecule has 0 radical (unpaired) electrons. The normalized spacial score (nSPS) is 11.9. The van der Waals surface area contributed by atoms with Crippen LogP contribution < -0.4 is 14.8 Å². The smallest absolute Gasteiger partial charge is 0.312 e. The van der Waals surface area contributed by atoms with E-state index in [2.05, 4.69) is 10.3 Å². The third-order valence-electron chi connectivity index (χ3n) is 4.16. The van der Waals surface area contributed by atoms with E-state index < -0.39 is 11.9 Å². The summed E-state index contributed by atoms with van der Waals surface area (Å²) in [6.07, 6.45) is 0.0135. The van der Waals surface area contributed by atoms with Gasteiger partial charge in [-0.25, -0.2) is 4.98 Å². The van der Waals surface area contributed by atoms with Gasteiger partial charge in [-0.1, -0.05) is 23.8 Å². The number of esters is 1. The molecule has 29 heavy (non-hydrogen) atoms. The van der Waals surface area contributed by atoms with Crippen LogP contribution >= 0.6 is 11.3 Å². The number of fused-ring (bicyclic) bond motifs is 1. The second-order valence-electron chi connectivity index (χ2n) is 6.47. The summed E-state index contributed by atoms with van der Waals surface area (Å²) in [5.41, 5.74) is 3.31. The number of nitrogens with one attached hydrogen (secondary N) is 1. The summed E-state index contributed by atoms with van der Waals surface area (Å²) in [4.78, 5) is 28.5. The molecule has 0 aliphatic carbocycles. The third-order valence-corrected chi connectivity index (χ3v) is 5.10. The molecule has 8 heteroatoms. The minimum absolute atomic E-state index is 0.0135. The van der Waals surface area contributed by atoms with Gasteiger partial charge in [0, 0.05) is 22.7 Å². The van der Waals surface area contributed by atoms with Gasteiger partial charge in [0.25, 0.3) is 5.91 Å². The molecule has 7 nitrogen and oxygen atoms in total. The molecular formula is C21H18N2O5S. The van der Waals surface area contributed by atoms with Gasteiger partial charge in [-0.3, -0.25) is 9.59 Å². The number of aryl methyl sites for hydroxylation is 1. The van der Waals surface area contributed by atoms with Crippen molar-refractivity contribution in [2.75, 3.05) is 18.7 Å². The van der Waals surface area contributed by atoms with Crippen molar-refractivity contribution in [1.29, 1.82) is 0 Å². The molecule has 0 atom stereocenters. The number of hydrogen-bond donors (Lipinski definition) is 1. The Morgan fingerprint density at radius 2 is 2.03 bits per heavy atom. The molecule has 1 aliphatic rings. The molecule has 148 valence electrons. The molecule has 3 aromatic rings. The van der Waals surface area contributed by atoms with E-state index in [1.54, 1.807) is 18.2 Å². The van der Waals surface area contributed by atoms with Crippen LogP contribution in [0.1, 0.15) is 11.3 Å². The Bertz CT molecular complexity index is 1060. The van der Waals surface area contributed by atoms with Gasteiger partial charge in [0.1, 0.15) is 5.01 Å². The van der Waals surface area contributed by atoms with Crippen molar-refractivity contribution in [3.63, 3.8) is 0 Å². The maximum absolute atomic E-state index is 12.0. The number of hydrogen-bond acceptors (Lipinski definition) is 7. The minimum atomic E-state index is -0.507. The highest BCUT2D eigenvalue weighted by molar-refractivity contribution is 7.13. The van der Waals surface area contributed by atoms with Crippen molar-refractivity contribution >= 4 is 28.9 Å². The summed E-state index contributed by atoms with van der Waals surface area (Å²) < 4.78 is 15.5. The van der Waals surface area contributed by atoms with Crippen LogP contribution in [0.5, 0.6) is 11.5 Å². The Morgan fingerprint density at radius 1 is 1.17 bits per heavy atom. The highest BCUT2D eigenvalue weighted by Crippen LogP contribution is 2.34. The van der Waals surface area contributed by atoms with Gasteiger partial charge in [-0.05, 0) is 25.1 Å². The average molecular weight is 410 g/mol. The molecule has 2 heterocycles. The van der Waals surface area contributed by atoms with E-state index in [1.807, 2.05) is 36.6 Å². The molecule has 1 amide bonds. The number of anilines is 1. The van der Waals surface area contributed by atoms with Gasteiger partial charge in [-0.2, -0.15) is 0 Å². The number of ether oxygens (including phenoxy) is 3. The van der Waals surface area contributed by atoms with Crippen LogP contribution in [0.25, 0.3) is 10.6 Å². The van der Waals surface area contributed by atoms with Crippen LogP contribution in [0.15, 0.2) is 47.8 Å². The second-order valence-corrected chi connectivity index (χ2v) is 7.33. The van der Waals surface area contributed by atoms with E-state index in [4.69, 9.17) is 14.2 Å². The molecule has 0 spiro atoms. The Balaban J connectivity index is 1.27. The van der Waals surface area contributed by atoms with Crippen LogP contribution in [0.3, 0.4) is 0 Å². The SMILES string of the molecule is Cc1cccc(-c2nc(CC(=O)OCC(=O)Nc3ccc4c(c3)OCO4)cs2)c1. The number of thiazole rings is 1. The van der Waals surface area contributed by atoms with Gasteiger partial charge in [-0.15, -0.1) is 11.3 Å². The first kappa shape index (κ1) is 18.9. The Hall–Kier alpha value is -3.39. The predicted molar refractivity (Wildman–Crippen MR) is 108 cm³/mol. The molecular weight excluding hydrogens is 392 g/mol. The number of carbonyl (C=O) groups excluding carboxylic acids is 2. The molecule has 1 aliphatic heterocycles. The van der Waals surface area contributed by atoms with E-state index in [1.165, 1.54) is 11.3 Å². The van der Waals surface area contributed by atoms with E-state index in [0.717, 1.165) is 16.1 Å². The molecule has 0 bridgehead atoms. The largest absolute Gasteiger partial charge is 0.455 e. The highest BCUT2D eigenvalue weighted by Gasteiger charge is 2.15. The zero-order valence-corrected chi connectivity index (χ0v) is 16.5. The van der Waals surface area contributed by atoms with Crippen molar-refractivity contribution in [1.82, 2.24) is 4.98 Å². The van der Waals surface area contributed by atoms with Crippen LogP contribution in [0, 0.1) is 6.92 Å². The monoisotopic (exact) mass is 410 g/mol. The molecule has 1 aromatic heterocycles. The van der Waals surface area contributed by atoms with Crippen LogP contribution in [0.4, 0.5) is 5.69 Å². The van der Waals surface area contributed by atoms with Crippen molar-refractivity contribution in [3.05, 3.63) is 59.1 Å². The first-order chi connectivity index (χ1) is 14.1. The highest BCUT2D eigenvalue weighted by atomic mass is 32.1. The van der Waals surface area contributed by atoms with Crippen molar-refractivity contribution in [3.8, 4) is 22.1 Å². The molecule has 0 unspecified atom stereocenters. The predicted octanol–water partition coefficient (Wildman–Crippen LogP) is 3.57. The van der Waals surface area contributed by atoms with Crippen LogP contribution in [0.2, 0.25) is 0 Å². The first-order valence-electron chi connectivity index (χ1n) is 8.93. The topological polar surface area (TPSA) is 86.8 Å². The fourth-order valence-electron chi connectivity index (χ4n) is 2.82. The molecule has 0 saturated heterocycles. The lowest BCUT2D eigenvalue weighted by molar-refractivity contribution is -0.146. The lowest BCUT2D eigenvalue weighted by Crippen LogP contribution is -2.21. The standard InChI is InChI=1S/C21H18N2O5S/c1-13-3-2-4-14(7-13)21-23-16(11-29-21)9-20(25)26-10-19(24)22-15-5-6-17-18(8-15)28-12-27-17/h2-8,11H,9-10,12H2,1H3,(H,22,24). The zero-order chi connectivity index (χ0) is 20.2. The quantitative estimate of drug-likeness (QED) is 0.625. The number of aromatic nitrogens is 1. The molecule has 0 saturated carbocycles. The van der Waals surface area contributed by atoms with E-state index in [9.17, 15) is 9.59 Å². The van der Waals surface area contributed by atoms with Gasteiger partial charge >= 0.3 is 5.97 Å². The van der Waals surface area contributed by atoms with E-state index in [0.29, 0.717) is 22.9 Å². The number of rotatable bonds is 6. The summed E-state index contributed by atoms with van der Waals surface area (Å²) in [5, 5.41) is 5.33. The summed E-state index contributed by atoms with van der Waals surface area (Å²) >= 11 is 1.47. The second kappa shape index (κ2) is 8.32. The van der Waals surface area contributed by atoms with E-state index >= 15 is 0 Å². The fraction of sp³-hybridized carbons (Fsp3) is 0.190. The Kier molecular flexibility index (Phi) is 5.44. The van der Waals surface area contributed by atoms with Gasteiger partial charge in [0.15, 0.2) is 18.1 Å². The molecule has 4 rings (SSSR count). The Labute approximate surface area is 171 Å². The van der Waals surface area contributed by atoms with Crippen LogP contribution in [-0.2, 0) is 20.7 Å². The van der Waals surface area contributed by atoms with Gasteiger partial charge in [0.05, 0.1) is 12.1 Å². The maximum Gasteiger partial charge on any atom is 0.312 e. The lowest BCUT2D eigenvalue weighted by atomic mass is 10.1. The van der Waals surface area contributed by atoms with Gasteiger partial charge in [0.2, 0.25) is 6.79 Å². The minimum Gasteiger partial charge on any atom is -0.455 e. The third kappa shape index (κ3) is 4.72. The number of carbonyl (C=O) groups is 2. The number of benzene rings is 2. The first-order valence-corrected chi connectivity index (χ1v) is 9.81. The summed E-state index contributed by atoms with van der Waals surface area (Å²) in [5.74, 6) is 0.248. The number of amides is 1. The zero-order valence-electron chi connectivity index (χ0n) is 15.6. The lowest BCUT2D eigenvalue weighted by Gasteiger charge is -2.07. The van der Waals surface area contributed by atoms with Gasteiger partial charge < -0.3 is 19.5 Å². The van der Waals surface area contributed by atoms with Crippen molar-refractivity contribution in [2.24, 2.45) is 0 Å². The fourth-order valence-corrected chi connectivity index (χ4v) is 3.63. The van der Waals surface area contributed by atoms with E-state index in [-0.39, 0.29) is 19.8 Å². The Morgan fingerprint density at radius 3 is 2.90 bits per heavy atom. The molecule has 0 fully saturated rings. The summed E-state index contributed by atoms with van der Waals surface area (Å²) in [6, 6.07) is 13.1. The van der Waals surface area contributed by atoms with Crippen molar-refractivity contribution < 1.29 is 23.8 Å².